The van der Waals surface area contributed by atoms with Crippen molar-refractivity contribution in [3.63, 3.8) is 0 Å². The monoisotopic (exact) mass is 266 g/mol. The highest BCUT2D eigenvalue weighted by molar-refractivity contribution is 6.31. The van der Waals surface area contributed by atoms with Gasteiger partial charge in [-0.05, 0) is 36.8 Å². The van der Waals surface area contributed by atoms with Crippen molar-refractivity contribution in [1.82, 2.24) is 4.57 Å². The van der Waals surface area contributed by atoms with Gasteiger partial charge in [-0.2, -0.15) is 0 Å². The van der Waals surface area contributed by atoms with Crippen molar-refractivity contribution in [2.24, 2.45) is 5.73 Å². The number of rotatable bonds is 4. The average molecular weight is 267 g/mol. The van der Waals surface area contributed by atoms with E-state index in [1.807, 2.05) is 25.3 Å². The fourth-order valence-corrected chi connectivity index (χ4v) is 2.18. The maximum atomic E-state index is 13.0. The topological polar surface area (TPSA) is 30.9 Å². The van der Waals surface area contributed by atoms with Gasteiger partial charge >= 0.3 is 0 Å². The van der Waals surface area contributed by atoms with Crippen LogP contribution in [0.15, 0.2) is 36.5 Å². The van der Waals surface area contributed by atoms with Crippen molar-refractivity contribution in [3.8, 4) is 0 Å². The molecule has 2 N–H and O–H groups in total. The summed E-state index contributed by atoms with van der Waals surface area (Å²) in [6.45, 7) is 2.61. The van der Waals surface area contributed by atoms with Gasteiger partial charge in [0.25, 0.3) is 0 Å². The van der Waals surface area contributed by atoms with Gasteiger partial charge in [-0.25, -0.2) is 4.39 Å². The van der Waals surface area contributed by atoms with Gasteiger partial charge < -0.3 is 10.3 Å². The maximum Gasteiger partial charge on any atom is 0.124 e. The predicted octanol–water partition coefficient (Wildman–Crippen LogP) is 3.22. The zero-order valence-corrected chi connectivity index (χ0v) is 11.0. The molecule has 0 spiro atoms. The zero-order chi connectivity index (χ0) is 13.1. The van der Waals surface area contributed by atoms with Crippen LogP contribution in [0.3, 0.4) is 0 Å². The Balaban J connectivity index is 2.21. The van der Waals surface area contributed by atoms with Crippen LogP contribution in [0.1, 0.15) is 18.2 Å². The lowest BCUT2D eigenvalue weighted by atomic mass is 10.2. The second-order valence-corrected chi connectivity index (χ2v) is 4.95. The number of halogens is 2. The Morgan fingerprint density at radius 3 is 2.83 bits per heavy atom. The molecule has 0 saturated carbocycles. The van der Waals surface area contributed by atoms with Crippen LogP contribution < -0.4 is 5.73 Å². The van der Waals surface area contributed by atoms with Crippen molar-refractivity contribution in [2.45, 2.75) is 25.9 Å². The second-order valence-electron chi connectivity index (χ2n) is 4.54. The largest absolute Gasteiger partial charge is 0.347 e. The van der Waals surface area contributed by atoms with Crippen LogP contribution in [-0.4, -0.2) is 10.6 Å². The molecule has 0 amide bonds. The number of nitrogens with zero attached hydrogens (tertiary/aromatic N) is 1. The van der Waals surface area contributed by atoms with Crippen LogP contribution in [0.2, 0.25) is 5.02 Å². The highest BCUT2D eigenvalue weighted by Crippen LogP contribution is 2.19. The lowest BCUT2D eigenvalue weighted by molar-refractivity contribution is 0.625. The molecule has 1 atom stereocenters. The Bertz CT molecular complexity index is 534. The third-order valence-electron chi connectivity index (χ3n) is 2.81. The Morgan fingerprint density at radius 2 is 2.17 bits per heavy atom. The molecule has 0 fully saturated rings. The van der Waals surface area contributed by atoms with Crippen molar-refractivity contribution in [2.75, 3.05) is 0 Å². The molecule has 0 radical (unpaired) electrons. The molecule has 1 unspecified atom stereocenters. The molecular formula is C14H16ClFN2. The van der Waals surface area contributed by atoms with Crippen molar-refractivity contribution in [3.05, 3.63) is 58.6 Å². The Hall–Kier alpha value is -1.32. The smallest absolute Gasteiger partial charge is 0.124 e. The van der Waals surface area contributed by atoms with E-state index in [-0.39, 0.29) is 11.9 Å². The third-order valence-corrected chi connectivity index (χ3v) is 3.16. The minimum Gasteiger partial charge on any atom is -0.347 e. The summed E-state index contributed by atoms with van der Waals surface area (Å²) in [5.74, 6) is -0.313. The normalized spacial score (nSPS) is 12.7. The summed E-state index contributed by atoms with van der Waals surface area (Å²) >= 11 is 6.03. The summed E-state index contributed by atoms with van der Waals surface area (Å²) in [7, 11) is 0. The van der Waals surface area contributed by atoms with E-state index < -0.39 is 0 Å². The third kappa shape index (κ3) is 3.12. The number of hydrogen-bond acceptors (Lipinski definition) is 1. The maximum absolute atomic E-state index is 13.0. The standard InChI is InChI=1S/C14H16ClFN2/c1-10(17)7-13-3-2-6-18(13)9-11-4-5-12(16)8-14(11)15/h2-6,8,10H,7,9,17H2,1H3. The van der Waals surface area contributed by atoms with Crippen LogP contribution in [0.25, 0.3) is 0 Å². The molecular weight excluding hydrogens is 251 g/mol. The van der Waals surface area contributed by atoms with Gasteiger partial charge in [0.2, 0.25) is 0 Å². The molecule has 18 heavy (non-hydrogen) atoms. The molecule has 1 heterocycles. The molecule has 96 valence electrons. The highest BCUT2D eigenvalue weighted by atomic mass is 35.5. The number of benzene rings is 1. The molecule has 0 bridgehead atoms. The van der Waals surface area contributed by atoms with Gasteiger partial charge in [0.05, 0.1) is 0 Å². The molecule has 2 rings (SSSR count). The summed E-state index contributed by atoms with van der Waals surface area (Å²) in [5, 5.41) is 0.454. The van der Waals surface area contributed by atoms with E-state index in [0.717, 1.165) is 17.7 Å². The first kappa shape index (κ1) is 13.1. The van der Waals surface area contributed by atoms with Crippen LogP contribution >= 0.6 is 11.6 Å². The number of hydrogen-bond donors (Lipinski definition) is 1. The second kappa shape index (κ2) is 5.55. The first-order valence-electron chi connectivity index (χ1n) is 5.90. The van der Waals surface area contributed by atoms with Crippen LogP contribution in [0.5, 0.6) is 0 Å². The minimum atomic E-state index is -0.313. The lowest BCUT2D eigenvalue weighted by Gasteiger charge is -2.12. The quantitative estimate of drug-likeness (QED) is 0.905. The summed E-state index contributed by atoms with van der Waals surface area (Å²) in [6, 6.07) is 8.62. The van der Waals surface area contributed by atoms with Crippen LogP contribution in [0.4, 0.5) is 4.39 Å². The van der Waals surface area contributed by atoms with E-state index in [1.54, 1.807) is 6.07 Å². The Kier molecular flexibility index (Phi) is 4.04. The number of nitrogens with two attached hydrogens (primary N) is 1. The van der Waals surface area contributed by atoms with E-state index in [4.69, 9.17) is 17.3 Å². The molecule has 0 aliphatic carbocycles. The van der Waals surface area contributed by atoms with E-state index in [9.17, 15) is 4.39 Å². The van der Waals surface area contributed by atoms with Gasteiger partial charge in [0, 0.05) is 35.9 Å². The summed E-state index contributed by atoms with van der Waals surface area (Å²) < 4.78 is 15.1. The molecule has 2 aromatic rings. The average Bonchev–Trinajstić information content (AvgIpc) is 2.69. The number of aromatic nitrogens is 1. The molecule has 1 aromatic carbocycles. The molecule has 0 saturated heterocycles. The lowest BCUT2D eigenvalue weighted by Crippen LogP contribution is -2.20. The fourth-order valence-electron chi connectivity index (χ4n) is 1.95. The minimum absolute atomic E-state index is 0.113. The molecule has 1 aromatic heterocycles. The first-order valence-corrected chi connectivity index (χ1v) is 6.27. The van der Waals surface area contributed by atoms with Crippen molar-refractivity contribution < 1.29 is 4.39 Å². The van der Waals surface area contributed by atoms with Gasteiger partial charge in [-0.3, -0.25) is 0 Å². The fraction of sp³-hybridized carbons (Fsp3) is 0.286. The Labute approximate surface area is 111 Å². The molecule has 4 heteroatoms. The molecule has 2 nitrogen and oxygen atoms in total. The zero-order valence-electron chi connectivity index (χ0n) is 10.2. The van der Waals surface area contributed by atoms with E-state index in [1.165, 1.54) is 12.1 Å². The van der Waals surface area contributed by atoms with Gasteiger partial charge in [0.15, 0.2) is 0 Å². The highest BCUT2D eigenvalue weighted by Gasteiger charge is 2.07. The van der Waals surface area contributed by atoms with Gasteiger partial charge in [-0.1, -0.05) is 17.7 Å². The van der Waals surface area contributed by atoms with Gasteiger partial charge in [-0.15, -0.1) is 0 Å². The summed E-state index contributed by atoms with van der Waals surface area (Å²) in [5.41, 5.74) is 7.87. The first-order chi connectivity index (χ1) is 8.56. The van der Waals surface area contributed by atoms with Gasteiger partial charge in [0.1, 0.15) is 5.82 Å². The van der Waals surface area contributed by atoms with Crippen LogP contribution in [0, 0.1) is 5.82 Å². The van der Waals surface area contributed by atoms with E-state index in [2.05, 4.69) is 4.57 Å². The molecule has 0 aliphatic rings. The predicted molar refractivity (Wildman–Crippen MR) is 72.3 cm³/mol. The van der Waals surface area contributed by atoms with E-state index >= 15 is 0 Å². The van der Waals surface area contributed by atoms with Crippen LogP contribution in [-0.2, 0) is 13.0 Å². The van der Waals surface area contributed by atoms with Crippen molar-refractivity contribution >= 4 is 11.6 Å². The van der Waals surface area contributed by atoms with Crippen molar-refractivity contribution in [1.29, 1.82) is 0 Å². The molecule has 0 aliphatic heterocycles. The Morgan fingerprint density at radius 1 is 1.39 bits per heavy atom. The SMILES string of the molecule is CC(N)Cc1cccn1Cc1ccc(F)cc1Cl. The van der Waals surface area contributed by atoms with E-state index in [0.29, 0.717) is 11.6 Å². The summed E-state index contributed by atoms with van der Waals surface area (Å²) in [6.07, 6.45) is 2.79. The summed E-state index contributed by atoms with van der Waals surface area (Å²) in [4.78, 5) is 0.